The maximum absolute atomic E-state index is 13.1. The number of anilines is 1. The normalized spacial score (nSPS) is 18.6. The summed E-state index contributed by atoms with van der Waals surface area (Å²) in [6.45, 7) is 2.30. The van der Waals surface area contributed by atoms with E-state index in [4.69, 9.17) is 0 Å². The quantitative estimate of drug-likeness (QED) is 0.743. The summed E-state index contributed by atoms with van der Waals surface area (Å²) in [6.07, 6.45) is 0.101. The van der Waals surface area contributed by atoms with E-state index in [9.17, 15) is 14.0 Å². The zero-order valence-corrected chi connectivity index (χ0v) is 16.9. The van der Waals surface area contributed by atoms with Crippen LogP contribution in [0.2, 0.25) is 0 Å². The van der Waals surface area contributed by atoms with Crippen LogP contribution in [0.3, 0.4) is 0 Å². The van der Waals surface area contributed by atoms with Crippen LogP contribution < -0.4 is 5.32 Å². The van der Waals surface area contributed by atoms with Crippen LogP contribution in [0.5, 0.6) is 0 Å². The van der Waals surface area contributed by atoms with E-state index in [-0.39, 0.29) is 24.1 Å². The predicted octanol–water partition coefficient (Wildman–Crippen LogP) is 4.57. The lowest BCUT2D eigenvalue weighted by molar-refractivity contribution is -0.129. The van der Waals surface area contributed by atoms with E-state index in [1.807, 2.05) is 19.1 Å². The molecule has 8 heteroatoms. The molecule has 3 rings (SSSR count). The Bertz CT molecular complexity index is 872. The first-order valence-electron chi connectivity index (χ1n) is 8.34. The number of amides is 2. The van der Waals surface area contributed by atoms with Crippen molar-refractivity contribution in [1.29, 1.82) is 0 Å². The Morgan fingerprint density at radius 1 is 1.26 bits per heavy atom. The van der Waals surface area contributed by atoms with Crippen molar-refractivity contribution >= 4 is 56.0 Å². The predicted molar refractivity (Wildman–Crippen MR) is 110 cm³/mol. The van der Waals surface area contributed by atoms with E-state index < -0.39 is 5.25 Å². The highest BCUT2D eigenvalue weighted by molar-refractivity contribution is 9.10. The molecule has 2 aromatic rings. The number of hydrogen-bond acceptors (Lipinski definition) is 4. The molecule has 140 valence electrons. The number of amidine groups is 1. The molecule has 0 aromatic heterocycles. The number of hydrogen-bond donors (Lipinski definition) is 1. The molecule has 27 heavy (non-hydrogen) atoms. The summed E-state index contributed by atoms with van der Waals surface area (Å²) in [5, 5.41) is 2.69. The number of nitrogens with zero attached hydrogens (tertiary/aromatic N) is 2. The lowest BCUT2D eigenvalue weighted by Crippen LogP contribution is -2.45. The van der Waals surface area contributed by atoms with Crippen LogP contribution in [0.15, 0.2) is 58.0 Å². The Morgan fingerprint density at radius 3 is 2.56 bits per heavy atom. The zero-order chi connectivity index (χ0) is 19.4. The molecule has 1 N–H and O–H groups in total. The van der Waals surface area contributed by atoms with E-state index >= 15 is 0 Å². The van der Waals surface area contributed by atoms with Crippen molar-refractivity contribution in [3.63, 3.8) is 0 Å². The van der Waals surface area contributed by atoms with E-state index in [2.05, 4.69) is 26.2 Å². The van der Waals surface area contributed by atoms with Crippen molar-refractivity contribution in [3.05, 3.63) is 58.8 Å². The van der Waals surface area contributed by atoms with Crippen LogP contribution in [-0.4, -0.2) is 33.7 Å². The minimum absolute atomic E-state index is 0.101. The SMILES string of the molecule is CCN1C(=O)C[C@@H](C(=O)Nc2ccc(Br)cc2)SC1=Nc1ccc(F)cc1. The molecule has 5 nitrogen and oxygen atoms in total. The number of nitrogens with one attached hydrogen (secondary N) is 1. The third kappa shape index (κ3) is 4.95. The molecular weight excluding hydrogens is 433 g/mol. The lowest BCUT2D eigenvalue weighted by Gasteiger charge is -2.30. The molecule has 0 unspecified atom stereocenters. The average molecular weight is 450 g/mol. The third-order valence-corrected chi connectivity index (χ3v) is 5.63. The first kappa shape index (κ1) is 19.6. The van der Waals surface area contributed by atoms with Crippen molar-refractivity contribution < 1.29 is 14.0 Å². The smallest absolute Gasteiger partial charge is 0.238 e. The molecule has 0 bridgehead atoms. The van der Waals surface area contributed by atoms with Gasteiger partial charge in [0.25, 0.3) is 0 Å². The Hall–Kier alpha value is -2.19. The fraction of sp³-hybridized carbons (Fsp3) is 0.211. The van der Waals surface area contributed by atoms with E-state index in [1.54, 1.807) is 12.1 Å². The molecule has 1 fully saturated rings. The number of carbonyl (C=O) groups is 2. The van der Waals surface area contributed by atoms with Crippen molar-refractivity contribution in [1.82, 2.24) is 4.90 Å². The van der Waals surface area contributed by atoms with Gasteiger partial charge in [0.1, 0.15) is 11.1 Å². The van der Waals surface area contributed by atoms with Gasteiger partial charge in [-0.1, -0.05) is 27.7 Å². The first-order chi connectivity index (χ1) is 13.0. The van der Waals surface area contributed by atoms with Crippen LogP contribution >= 0.6 is 27.7 Å². The molecule has 1 heterocycles. The molecule has 1 atom stereocenters. The van der Waals surface area contributed by atoms with E-state index in [0.717, 1.165) is 4.47 Å². The van der Waals surface area contributed by atoms with Crippen molar-refractivity contribution in [3.8, 4) is 0 Å². The molecule has 0 aliphatic carbocycles. The van der Waals surface area contributed by atoms with Gasteiger partial charge in [-0.25, -0.2) is 9.38 Å². The minimum Gasteiger partial charge on any atom is -0.325 e. The summed E-state index contributed by atoms with van der Waals surface area (Å²) in [5.74, 6) is -0.767. The van der Waals surface area contributed by atoms with E-state index in [0.29, 0.717) is 23.1 Å². The van der Waals surface area contributed by atoms with E-state index in [1.165, 1.54) is 40.9 Å². The van der Waals surface area contributed by atoms with Crippen LogP contribution in [0.4, 0.5) is 15.8 Å². The highest BCUT2D eigenvalue weighted by Crippen LogP contribution is 2.30. The maximum atomic E-state index is 13.1. The summed E-state index contributed by atoms with van der Waals surface area (Å²) in [4.78, 5) is 31.1. The van der Waals surface area contributed by atoms with Crippen LogP contribution in [-0.2, 0) is 9.59 Å². The molecule has 1 aliphatic heterocycles. The van der Waals surface area contributed by atoms with Crippen molar-refractivity contribution in [2.75, 3.05) is 11.9 Å². The molecule has 1 aliphatic rings. The zero-order valence-electron chi connectivity index (χ0n) is 14.5. The Morgan fingerprint density at radius 2 is 1.93 bits per heavy atom. The molecule has 0 saturated carbocycles. The fourth-order valence-corrected chi connectivity index (χ4v) is 3.96. The number of thioether (sulfide) groups is 1. The van der Waals surface area contributed by atoms with Gasteiger partial charge >= 0.3 is 0 Å². The number of aliphatic imine (C=N–C) groups is 1. The number of carbonyl (C=O) groups excluding carboxylic acids is 2. The number of halogens is 2. The lowest BCUT2D eigenvalue weighted by atomic mass is 10.2. The third-order valence-electron chi connectivity index (χ3n) is 3.91. The molecule has 0 radical (unpaired) electrons. The average Bonchev–Trinajstić information content (AvgIpc) is 2.65. The van der Waals surface area contributed by atoms with Crippen molar-refractivity contribution in [2.45, 2.75) is 18.6 Å². The molecule has 2 aromatic carbocycles. The summed E-state index contributed by atoms with van der Waals surface area (Å²) < 4.78 is 14.0. The highest BCUT2D eigenvalue weighted by Gasteiger charge is 2.35. The van der Waals surface area contributed by atoms with Gasteiger partial charge < -0.3 is 5.32 Å². The molecule has 1 saturated heterocycles. The second kappa shape index (κ2) is 8.67. The Kier molecular flexibility index (Phi) is 6.28. The fourth-order valence-electron chi connectivity index (χ4n) is 2.53. The Labute approximate surface area is 169 Å². The van der Waals surface area contributed by atoms with Gasteiger partial charge in [-0.2, -0.15) is 0 Å². The summed E-state index contributed by atoms with van der Waals surface area (Å²) in [6, 6.07) is 12.9. The molecule has 2 amide bonds. The second-order valence-electron chi connectivity index (χ2n) is 5.82. The number of rotatable bonds is 4. The summed E-state index contributed by atoms with van der Waals surface area (Å²) in [5.41, 5.74) is 1.19. The monoisotopic (exact) mass is 449 g/mol. The topological polar surface area (TPSA) is 61.8 Å². The van der Waals surface area contributed by atoms with Gasteiger partial charge in [0.2, 0.25) is 11.8 Å². The van der Waals surface area contributed by atoms with Gasteiger partial charge in [-0.15, -0.1) is 0 Å². The largest absolute Gasteiger partial charge is 0.325 e. The van der Waals surface area contributed by atoms with Gasteiger partial charge in [0.15, 0.2) is 5.17 Å². The summed E-state index contributed by atoms with van der Waals surface area (Å²) in [7, 11) is 0. The maximum Gasteiger partial charge on any atom is 0.238 e. The second-order valence-corrected chi connectivity index (χ2v) is 7.90. The Balaban J connectivity index is 1.79. The standard InChI is InChI=1S/C19H17BrFN3O2S/c1-2-24-17(25)11-16(18(26)22-14-7-3-12(20)4-8-14)27-19(24)23-15-9-5-13(21)6-10-15/h3-10,16H,2,11H2,1H3,(H,22,26)/t16-/m0/s1. The summed E-state index contributed by atoms with van der Waals surface area (Å²) >= 11 is 4.59. The molecule has 0 spiro atoms. The van der Waals surface area contributed by atoms with Crippen LogP contribution in [0.1, 0.15) is 13.3 Å². The molecular formula is C19H17BrFN3O2S. The van der Waals surface area contributed by atoms with Gasteiger partial charge in [-0.05, 0) is 55.5 Å². The minimum atomic E-state index is -0.580. The number of benzene rings is 2. The van der Waals surface area contributed by atoms with Crippen LogP contribution in [0.25, 0.3) is 0 Å². The first-order valence-corrected chi connectivity index (χ1v) is 10.0. The van der Waals surface area contributed by atoms with Gasteiger partial charge in [0, 0.05) is 23.1 Å². The highest BCUT2D eigenvalue weighted by atomic mass is 79.9. The van der Waals surface area contributed by atoms with Gasteiger partial charge in [0.05, 0.1) is 5.69 Å². The van der Waals surface area contributed by atoms with Crippen LogP contribution in [0, 0.1) is 5.82 Å². The van der Waals surface area contributed by atoms with Gasteiger partial charge in [-0.3, -0.25) is 14.5 Å². The van der Waals surface area contributed by atoms with Crippen molar-refractivity contribution in [2.24, 2.45) is 4.99 Å².